The van der Waals surface area contributed by atoms with Crippen LogP contribution in [0.5, 0.6) is 0 Å². The Balaban J connectivity index is 2.66. The predicted molar refractivity (Wildman–Crippen MR) is 52.1 cm³/mol. The predicted octanol–water partition coefficient (Wildman–Crippen LogP) is 2.47. The Bertz CT molecular complexity index is 311. The summed E-state index contributed by atoms with van der Waals surface area (Å²) in [5.41, 5.74) is 0. The molecular weight excluding hydrogens is 180 g/mol. The lowest BCUT2D eigenvalue weighted by Crippen LogP contribution is -2.20. The van der Waals surface area contributed by atoms with Crippen LogP contribution in [0.4, 0.5) is 0 Å². The van der Waals surface area contributed by atoms with Gasteiger partial charge in [-0.15, -0.1) is 0 Å². The highest BCUT2D eigenvalue weighted by molar-refractivity contribution is 6.08. The summed E-state index contributed by atoms with van der Waals surface area (Å²) in [5, 5.41) is 0. The quantitative estimate of drug-likeness (QED) is 0.534. The number of carbonyl (C=O) groups excluding carboxylic acids is 2. The molecule has 1 unspecified atom stereocenters. The molecule has 0 aliphatic carbocycles. The standard InChI is InChI=1S/C11H14O3/c1-3-5-9(12)8(2)11(13)10-6-4-7-14-10/h4,6-8H,3,5H2,1-2H3. The Hall–Kier alpha value is -1.38. The highest BCUT2D eigenvalue weighted by Gasteiger charge is 2.23. The minimum atomic E-state index is -0.582. The number of ketones is 2. The van der Waals surface area contributed by atoms with Crippen LogP contribution in [0, 0.1) is 5.92 Å². The van der Waals surface area contributed by atoms with E-state index in [1.54, 1.807) is 19.1 Å². The maximum atomic E-state index is 11.6. The fourth-order valence-corrected chi connectivity index (χ4v) is 1.24. The lowest BCUT2D eigenvalue weighted by Gasteiger charge is -2.05. The number of carbonyl (C=O) groups is 2. The molecule has 0 aliphatic rings. The van der Waals surface area contributed by atoms with E-state index in [-0.39, 0.29) is 17.3 Å². The van der Waals surface area contributed by atoms with Crippen molar-refractivity contribution in [1.29, 1.82) is 0 Å². The van der Waals surface area contributed by atoms with Gasteiger partial charge < -0.3 is 4.42 Å². The third-order valence-electron chi connectivity index (χ3n) is 2.14. The zero-order chi connectivity index (χ0) is 10.6. The van der Waals surface area contributed by atoms with Crippen LogP contribution in [0.15, 0.2) is 22.8 Å². The molecule has 0 radical (unpaired) electrons. The molecule has 0 fully saturated rings. The number of rotatable bonds is 5. The Morgan fingerprint density at radius 2 is 2.21 bits per heavy atom. The molecule has 3 nitrogen and oxygen atoms in total. The molecule has 14 heavy (non-hydrogen) atoms. The molecule has 0 bridgehead atoms. The van der Waals surface area contributed by atoms with E-state index in [1.807, 2.05) is 6.92 Å². The van der Waals surface area contributed by atoms with Crippen molar-refractivity contribution < 1.29 is 14.0 Å². The van der Waals surface area contributed by atoms with E-state index in [0.717, 1.165) is 6.42 Å². The molecule has 1 atom stereocenters. The van der Waals surface area contributed by atoms with E-state index in [4.69, 9.17) is 4.42 Å². The van der Waals surface area contributed by atoms with Gasteiger partial charge in [-0.05, 0) is 25.5 Å². The van der Waals surface area contributed by atoms with E-state index in [9.17, 15) is 9.59 Å². The fraction of sp³-hybridized carbons (Fsp3) is 0.455. The van der Waals surface area contributed by atoms with Crippen molar-refractivity contribution in [2.24, 2.45) is 5.92 Å². The first-order chi connectivity index (χ1) is 6.66. The number of hydrogen-bond acceptors (Lipinski definition) is 3. The van der Waals surface area contributed by atoms with Gasteiger partial charge >= 0.3 is 0 Å². The Labute approximate surface area is 83.1 Å². The normalized spacial score (nSPS) is 12.4. The van der Waals surface area contributed by atoms with Crippen LogP contribution < -0.4 is 0 Å². The lowest BCUT2D eigenvalue weighted by atomic mass is 9.97. The van der Waals surface area contributed by atoms with E-state index < -0.39 is 5.92 Å². The number of furan rings is 1. The second-order valence-corrected chi connectivity index (χ2v) is 3.28. The average Bonchev–Trinajstić information content (AvgIpc) is 2.68. The molecule has 0 aromatic carbocycles. The highest BCUT2D eigenvalue weighted by Crippen LogP contribution is 2.12. The van der Waals surface area contributed by atoms with Crippen molar-refractivity contribution in [3.05, 3.63) is 24.2 Å². The maximum Gasteiger partial charge on any atom is 0.208 e. The third kappa shape index (κ3) is 2.31. The van der Waals surface area contributed by atoms with Crippen molar-refractivity contribution in [3.63, 3.8) is 0 Å². The highest BCUT2D eigenvalue weighted by atomic mass is 16.3. The second kappa shape index (κ2) is 4.74. The number of hydrogen-bond donors (Lipinski definition) is 0. The summed E-state index contributed by atoms with van der Waals surface area (Å²) in [4.78, 5) is 23.0. The summed E-state index contributed by atoms with van der Waals surface area (Å²) >= 11 is 0. The molecule has 0 spiro atoms. The summed E-state index contributed by atoms with van der Waals surface area (Å²) in [6.07, 6.45) is 2.66. The molecule has 76 valence electrons. The minimum Gasteiger partial charge on any atom is -0.461 e. The molecule has 0 aliphatic heterocycles. The van der Waals surface area contributed by atoms with Gasteiger partial charge in [0.2, 0.25) is 5.78 Å². The van der Waals surface area contributed by atoms with Crippen LogP contribution in [0.3, 0.4) is 0 Å². The molecule has 1 aromatic rings. The minimum absolute atomic E-state index is 0.0195. The van der Waals surface area contributed by atoms with Gasteiger partial charge in [0.1, 0.15) is 5.78 Å². The summed E-state index contributed by atoms with van der Waals surface area (Å²) in [5.74, 6) is -0.564. The van der Waals surface area contributed by atoms with E-state index in [1.165, 1.54) is 6.26 Å². The van der Waals surface area contributed by atoms with Gasteiger partial charge in [-0.25, -0.2) is 0 Å². The van der Waals surface area contributed by atoms with Gasteiger partial charge in [0.05, 0.1) is 12.2 Å². The topological polar surface area (TPSA) is 47.3 Å². The zero-order valence-electron chi connectivity index (χ0n) is 8.45. The van der Waals surface area contributed by atoms with Crippen molar-refractivity contribution in [1.82, 2.24) is 0 Å². The fourth-order valence-electron chi connectivity index (χ4n) is 1.24. The SMILES string of the molecule is CCCC(=O)C(C)C(=O)c1ccco1. The Kier molecular flexibility index (Phi) is 3.63. The Morgan fingerprint density at radius 1 is 1.50 bits per heavy atom. The first-order valence-electron chi connectivity index (χ1n) is 4.77. The van der Waals surface area contributed by atoms with Crippen molar-refractivity contribution in [2.45, 2.75) is 26.7 Å². The van der Waals surface area contributed by atoms with Crippen LogP contribution in [0.1, 0.15) is 37.2 Å². The lowest BCUT2D eigenvalue weighted by molar-refractivity contribution is -0.121. The second-order valence-electron chi connectivity index (χ2n) is 3.28. The van der Waals surface area contributed by atoms with Gasteiger partial charge in [0.15, 0.2) is 5.76 Å². The molecule has 0 amide bonds. The van der Waals surface area contributed by atoms with E-state index in [0.29, 0.717) is 6.42 Å². The number of Topliss-reactive ketones (excluding diaryl/α,β-unsaturated/α-hetero) is 2. The first-order valence-corrected chi connectivity index (χ1v) is 4.77. The Morgan fingerprint density at radius 3 is 2.71 bits per heavy atom. The summed E-state index contributed by atoms with van der Waals surface area (Å²) in [7, 11) is 0. The van der Waals surface area contributed by atoms with Gasteiger partial charge in [-0.2, -0.15) is 0 Å². The zero-order valence-corrected chi connectivity index (χ0v) is 8.45. The van der Waals surface area contributed by atoms with Gasteiger partial charge in [-0.1, -0.05) is 6.92 Å². The van der Waals surface area contributed by atoms with Gasteiger partial charge in [0, 0.05) is 6.42 Å². The van der Waals surface area contributed by atoms with Crippen LogP contribution >= 0.6 is 0 Å². The van der Waals surface area contributed by atoms with E-state index in [2.05, 4.69) is 0 Å². The monoisotopic (exact) mass is 194 g/mol. The largest absolute Gasteiger partial charge is 0.461 e. The van der Waals surface area contributed by atoms with Crippen molar-refractivity contribution in [2.75, 3.05) is 0 Å². The molecular formula is C11H14O3. The van der Waals surface area contributed by atoms with Crippen LogP contribution in [0.2, 0.25) is 0 Å². The summed E-state index contributed by atoms with van der Waals surface area (Å²) < 4.78 is 4.94. The third-order valence-corrected chi connectivity index (χ3v) is 2.14. The van der Waals surface area contributed by atoms with Crippen LogP contribution in [-0.4, -0.2) is 11.6 Å². The average molecular weight is 194 g/mol. The van der Waals surface area contributed by atoms with Gasteiger partial charge in [-0.3, -0.25) is 9.59 Å². The molecule has 1 heterocycles. The molecule has 1 aromatic heterocycles. The summed E-state index contributed by atoms with van der Waals surface area (Å²) in [6, 6.07) is 3.22. The molecule has 1 rings (SSSR count). The molecule has 0 saturated heterocycles. The van der Waals surface area contributed by atoms with Gasteiger partial charge in [0.25, 0.3) is 0 Å². The van der Waals surface area contributed by atoms with Crippen LogP contribution in [-0.2, 0) is 4.79 Å². The van der Waals surface area contributed by atoms with Crippen molar-refractivity contribution in [3.8, 4) is 0 Å². The molecule has 0 saturated carbocycles. The van der Waals surface area contributed by atoms with Crippen molar-refractivity contribution >= 4 is 11.6 Å². The van der Waals surface area contributed by atoms with Crippen LogP contribution in [0.25, 0.3) is 0 Å². The van der Waals surface area contributed by atoms with E-state index >= 15 is 0 Å². The molecule has 3 heteroatoms. The first kappa shape index (κ1) is 10.7. The summed E-state index contributed by atoms with van der Waals surface area (Å²) in [6.45, 7) is 3.55. The smallest absolute Gasteiger partial charge is 0.208 e. The molecule has 0 N–H and O–H groups in total. The maximum absolute atomic E-state index is 11.6.